The highest BCUT2D eigenvalue weighted by Crippen LogP contribution is 2.28. The lowest BCUT2D eigenvalue weighted by molar-refractivity contribution is -0.141. The van der Waals surface area contributed by atoms with Crippen LogP contribution in [0.5, 0.6) is 0 Å². The normalized spacial score (nSPS) is 17.2. The first-order valence-corrected chi connectivity index (χ1v) is 8.65. The first-order chi connectivity index (χ1) is 12.6. The van der Waals surface area contributed by atoms with Crippen LogP contribution in [0.15, 0.2) is 10.6 Å². The van der Waals surface area contributed by atoms with E-state index in [2.05, 4.69) is 27.5 Å². The van der Waals surface area contributed by atoms with Gasteiger partial charge in [0.1, 0.15) is 11.7 Å². The molecule has 8 nitrogen and oxygen atoms in total. The number of amides is 1. The number of nitrogens with one attached hydrogen (secondary N) is 1. The summed E-state index contributed by atoms with van der Waals surface area (Å²) < 4.78 is 44.3. The van der Waals surface area contributed by atoms with E-state index < -0.39 is 23.8 Å². The average molecular weight is 386 g/mol. The van der Waals surface area contributed by atoms with Crippen LogP contribution in [0.25, 0.3) is 0 Å². The zero-order valence-electron chi connectivity index (χ0n) is 15.2. The van der Waals surface area contributed by atoms with Gasteiger partial charge in [-0.2, -0.15) is 23.3 Å². The van der Waals surface area contributed by atoms with Crippen molar-refractivity contribution in [2.24, 2.45) is 13.0 Å². The van der Waals surface area contributed by atoms with Crippen molar-refractivity contribution >= 4 is 11.9 Å². The minimum atomic E-state index is -4.62. The summed E-state index contributed by atoms with van der Waals surface area (Å²) in [6, 6.07) is 0.0441. The van der Waals surface area contributed by atoms with Crippen LogP contribution in [0.2, 0.25) is 0 Å². The van der Waals surface area contributed by atoms with E-state index in [4.69, 9.17) is 4.52 Å². The van der Waals surface area contributed by atoms with Gasteiger partial charge in [-0.15, -0.1) is 0 Å². The molecule has 0 aliphatic carbocycles. The molecule has 27 heavy (non-hydrogen) atoms. The van der Waals surface area contributed by atoms with Crippen LogP contribution < -0.4 is 10.2 Å². The van der Waals surface area contributed by atoms with Crippen molar-refractivity contribution < 1.29 is 22.5 Å². The van der Waals surface area contributed by atoms with E-state index in [0.29, 0.717) is 17.9 Å². The molecule has 0 aromatic carbocycles. The van der Waals surface area contributed by atoms with Crippen LogP contribution in [0.4, 0.5) is 19.1 Å². The van der Waals surface area contributed by atoms with Gasteiger partial charge in [-0.25, -0.2) is 0 Å². The van der Waals surface area contributed by atoms with Crippen LogP contribution in [0, 0.1) is 5.92 Å². The van der Waals surface area contributed by atoms with Gasteiger partial charge in [0.25, 0.3) is 17.7 Å². The van der Waals surface area contributed by atoms with Gasteiger partial charge in [-0.1, -0.05) is 6.92 Å². The molecule has 1 fully saturated rings. The maximum Gasteiger partial charge on any atom is 0.435 e. The molecule has 0 bridgehead atoms. The molecule has 3 rings (SSSR count). The number of hydrogen-bond donors (Lipinski definition) is 1. The van der Waals surface area contributed by atoms with Gasteiger partial charge in [-0.3, -0.25) is 9.48 Å². The van der Waals surface area contributed by atoms with Crippen molar-refractivity contribution in [1.82, 2.24) is 25.2 Å². The Bertz CT molecular complexity index is 807. The van der Waals surface area contributed by atoms with Gasteiger partial charge in [0.15, 0.2) is 5.69 Å². The Hall–Kier alpha value is -2.59. The summed E-state index contributed by atoms with van der Waals surface area (Å²) >= 11 is 0. The second kappa shape index (κ2) is 7.20. The topological polar surface area (TPSA) is 89.1 Å². The summed E-state index contributed by atoms with van der Waals surface area (Å²) in [5, 5.41) is 9.83. The molecule has 1 aliphatic rings. The van der Waals surface area contributed by atoms with Crippen molar-refractivity contribution in [3.8, 4) is 0 Å². The minimum Gasteiger partial charge on any atom is -0.339 e. The number of nitrogens with zero attached hydrogens (tertiary/aromatic N) is 5. The van der Waals surface area contributed by atoms with E-state index in [-0.39, 0.29) is 11.6 Å². The van der Waals surface area contributed by atoms with Crippen LogP contribution in [-0.2, 0) is 13.2 Å². The van der Waals surface area contributed by atoms with Crippen LogP contribution in [0.1, 0.15) is 54.8 Å². The summed E-state index contributed by atoms with van der Waals surface area (Å²) in [5.74, 6) is 0.596. The van der Waals surface area contributed by atoms with Gasteiger partial charge < -0.3 is 14.7 Å². The standard InChI is InChI=1S/C16H21F3N6O2/c1-9-4-6-25(7-5-9)15-21-14(27-23-15)10(2)20-13(26)11-8-12(16(17,18)19)22-24(11)3/h8-10H,4-7H2,1-3H3,(H,20,26)/t10-/m0/s1. The molecule has 0 radical (unpaired) electrons. The van der Waals surface area contributed by atoms with Gasteiger partial charge in [-0.05, 0) is 30.8 Å². The fraction of sp³-hybridized carbons (Fsp3) is 0.625. The van der Waals surface area contributed by atoms with E-state index in [1.54, 1.807) is 6.92 Å². The molecule has 1 atom stereocenters. The number of carbonyl (C=O) groups excluding carboxylic acids is 1. The van der Waals surface area contributed by atoms with Crippen LogP contribution in [0.3, 0.4) is 0 Å². The lowest BCUT2D eigenvalue weighted by atomic mass is 10.00. The predicted octanol–water partition coefficient (Wildman–Crippen LogP) is 2.55. The van der Waals surface area contributed by atoms with Gasteiger partial charge in [0.05, 0.1) is 0 Å². The zero-order chi connectivity index (χ0) is 19.8. The molecular formula is C16H21F3N6O2. The number of alkyl halides is 3. The second-order valence-corrected chi connectivity index (χ2v) is 6.83. The monoisotopic (exact) mass is 386 g/mol. The number of hydrogen-bond acceptors (Lipinski definition) is 6. The first kappa shape index (κ1) is 19.2. The number of aryl methyl sites for hydroxylation is 1. The van der Waals surface area contributed by atoms with Crippen molar-refractivity contribution in [2.75, 3.05) is 18.0 Å². The summed E-state index contributed by atoms with van der Waals surface area (Å²) in [5.41, 5.74) is -1.33. The number of rotatable bonds is 4. The molecular weight excluding hydrogens is 365 g/mol. The summed E-state index contributed by atoms with van der Waals surface area (Å²) in [7, 11) is 1.27. The van der Waals surface area contributed by atoms with E-state index in [1.807, 2.05) is 4.90 Å². The largest absolute Gasteiger partial charge is 0.435 e. The minimum absolute atomic E-state index is 0.190. The lowest BCUT2D eigenvalue weighted by Crippen LogP contribution is -2.33. The predicted molar refractivity (Wildman–Crippen MR) is 89.0 cm³/mol. The molecule has 1 N–H and O–H groups in total. The molecule has 11 heteroatoms. The van der Waals surface area contributed by atoms with E-state index in [0.717, 1.165) is 30.6 Å². The SMILES string of the molecule is CC1CCN(c2noc([C@H](C)NC(=O)c3cc(C(F)(F)F)nn3C)n2)CC1. The summed E-state index contributed by atoms with van der Waals surface area (Å²) in [4.78, 5) is 18.6. The Balaban J connectivity index is 1.66. The molecule has 2 aromatic heterocycles. The zero-order valence-corrected chi connectivity index (χ0v) is 15.2. The van der Waals surface area contributed by atoms with Gasteiger partial charge in [0.2, 0.25) is 0 Å². The summed E-state index contributed by atoms with van der Waals surface area (Å²) in [6.45, 7) is 5.47. The van der Waals surface area contributed by atoms with Crippen LogP contribution in [-0.4, -0.2) is 38.9 Å². The van der Waals surface area contributed by atoms with Gasteiger partial charge in [0, 0.05) is 26.2 Å². The second-order valence-electron chi connectivity index (χ2n) is 6.83. The van der Waals surface area contributed by atoms with Crippen molar-refractivity contribution in [3.05, 3.63) is 23.3 Å². The highest BCUT2D eigenvalue weighted by molar-refractivity contribution is 5.92. The maximum atomic E-state index is 12.7. The smallest absolute Gasteiger partial charge is 0.339 e. The highest BCUT2D eigenvalue weighted by atomic mass is 19.4. The van der Waals surface area contributed by atoms with Gasteiger partial charge >= 0.3 is 6.18 Å². The quantitative estimate of drug-likeness (QED) is 0.869. The van der Waals surface area contributed by atoms with E-state index in [1.165, 1.54) is 7.05 Å². The Morgan fingerprint density at radius 1 is 1.37 bits per heavy atom. The average Bonchev–Trinajstić information content (AvgIpc) is 3.22. The molecule has 2 aromatic rings. The molecule has 1 saturated heterocycles. The van der Waals surface area contributed by atoms with E-state index in [9.17, 15) is 18.0 Å². The Kier molecular flexibility index (Phi) is 5.11. The van der Waals surface area contributed by atoms with Crippen molar-refractivity contribution in [2.45, 2.75) is 38.9 Å². The number of piperidine rings is 1. The Morgan fingerprint density at radius 2 is 2.04 bits per heavy atom. The third-order valence-corrected chi connectivity index (χ3v) is 4.62. The van der Waals surface area contributed by atoms with E-state index >= 15 is 0 Å². The van der Waals surface area contributed by atoms with Crippen LogP contribution >= 0.6 is 0 Å². The number of halogens is 3. The molecule has 0 spiro atoms. The lowest BCUT2D eigenvalue weighted by Gasteiger charge is -2.28. The number of aromatic nitrogens is 4. The molecule has 3 heterocycles. The molecule has 0 unspecified atom stereocenters. The molecule has 148 valence electrons. The third kappa shape index (κ3) is 4.22. The molecule has 0 saturated carbocycles. The molecule has 1 amide bonds. The highest BCUT2D eigenvalue weighted by Gasteiger charge is 2.35. The summed E-state index contributed by atoms with van der Waals surface area (Å²) in [6.07, 6.45) is -2.54. The Morgan fingerprint density at radius 3 is 2.63 bits per heavy atom. The van der Waals surface area contributed by atoms with Crippen molar-refractivity contribution in [1.29, 1.82) is 0 Å². The molecule has 1 aliphatic heterocycles. The maximum absolute atomic E-state index is 12.7. The fourth-order valence-corrected chi connectivity index (χ4v) is 2.89. The van der Waals surface area contributed by atoms with Crippen molar-refractivity contribution in [3.63, 3.8) is 0 Å². The number of anilines is 1. The first-order valence-electron chi connectivity index (χ1n) is 8.65. The Labute approximate surface area is 153 Å². The third-order valence-electron chi connectivity index (χ3n) is 4.62. The number of carbonyl (C=O) groups is 1. The fourth-order valence-electron chi connectivity index (χ4n) is 2.89.